The third kappa shape index (κ3) is 3.59. The molecule has 0 bridgehead atoms. The largest absolute Gasteiger partial charge is 0.481 e. The van der Waals surface area contributed by atoms with Gasteiger partial charge < -0.3 is 5.11 Å². The molecule has 2 rings (SSSR count). The van der Waals surface area contributed by atoms with Gasteiger partial charge in [0.2, 0.25) is 0 Å². The molecule has 0 aliphatic rings. The molecule has 2 aromatic rings. The van der Waals surface area contributed by atoms with E-state index in [9.17, 15) is 13.2 Å². The third-order valence-corrected chi connectivity index (χ3v) is 5.98. The molecule has 106 valence electrons. The minimum absolute atomic E-state index is 0.0875. The van der Waals surface area contributed by atoms with E-state index < -0.39 is 16.0 Å². The molecule has 0 atom stereocenters. The van der Waals surface area contributed by atoms with E-state index in [0.29, 0.717) is 15.0 Å². The maximum atomic E-state index is 12.2. The van der Waals surface area contributed by atoms with E-state index >= 15 is 0 Å². The third-order valence-electron chi connectivity index (χ3n) is 2.35. The predicted molar refractivity (Wildman–Crippen MR) is 80.6 cm³/mol. The summed E-state index contributed by atoms with van der Waals surface area (Å²) in [7, 11) is -3.71. The second-order valence-electron chi connectivity index (χ2n) is 3.88. The second kappa shape index (κ2) is 5.94. The van der Waals surface area contributed by atoms with Crippen LogP contribution in [-0.4, -0.2) is 19.5 Å². The first-order chi connectivity index (χ1) is 9.38. The van der Waals surface area contributed by atoms with Crippen molar-refractivity contribution in [3.8, 4) is 0 Å². The SMILES string of the molecule is O=C(O)Cc1ccc(S(=O)(=O)Nc2ccccc2Br)s1. The number of benzene rings is 1. The van der Waals surface area contributed by atoms with Crippen molar-refractivity contribution in [3.63, 3.8) is 0 Å². The van der Waals surface area contributed by atoms with Crippen LogP contribution >= 0.6 is 27.3 Å². The van der Waals surface area contributed by atoms with Crippen LogP contribution in [0, 0.1) is 0 Å². The standard InChI is InChI=1S/C12H10BrNO4S2/c13-9-3-1-2-4-10(9)14-20(17,18)12-6-5-8(19-12)7-11(15)16/h1-6,14H,7H2,(H,15,16). The van der Waals surface area contributed by atoms with Crippen LogP contribution in [0.25, 0.3) is 0 Å². The van der Waals surface area contributed by atoms with Crippen molar-refractivity contribution in [3.05, 3.63) is 45.7 Å². The van der Waals surface area contributed by atoms with Crippen molar-refractivity contribution in [2.45, 2.75) is 10.6 Å². The molecule has 0 unspecified atom stereocenters. The van der Waals surface area contributed by atoms with Gasteiger partial charge in [-0.05, 0) is 40.2 Å². The Labute approximate surface area is 128 Å². The van der Waals surface area contributed by atoms with E-state index in [0.717, 1.165) is 11.3 Å². The zero-order valence-electron chi connectivity index (χ0n) is 10.0. The van der Waals surface area contributed by atoms with Crippen molar-refractivity contribution in [2.24, 2.45) is 0 Å². The van der Waals surface area contributed by atoms with Crippen molar-refractivity contribution in [1.29, 1.82) is 0 Å². The zero-order valence-corrected chi connectivity index (χ0v) is 13.3. The van der Waals surface area contributed by atoms with E-state index in [-0.39, 0.29) is 10.6 Å². The molecule has 0 saturated heterocycles. The van der Waals surface area contributed by atoms with Crippen molar-refractivity contribution in [1.82, 2.24) is 0 Å². The van der Waals surface area contributed by atoms with E-state index in [1.54, 1.807) is 24.3 Å². The number of carboxylic acids is 1. The molecule has 1 aromatic heterocycles. The molecule has 5 nitrogen and oxygen atoms in total. The van der Waals surface area contributed by atoms with E-state index in [4.69, 9.17) is 5.11 Å². The lowest BCUT2D eigenvalue weighted by atomic mass is 10.3. The van der Waals surface area contributed by atoms with Gasteiger partial charge in [-0.3, -0.25) is 9.52 Å². The number of sulfonamides is 1. The summed E-state index contributed by atoms with van der Waals surface area (Å²) < 4.78 is 27.5. The molecule has 1 aromatic carbocycles. The Morgan fingerprint density at radius 2 is 1.95 bits per heavy atom. The molecule has 0 aliphatic heterocycles. The van der Waals surface area contributed by atoms with E-state index in [1.807, 2.05) is 0 Å². The second-order valence-corrected chi connectivity index (χ2v) is 7.81. The summed E-state index contributed by atoms with van der Waals surface area (Å²) in [6.07, 6.45) is -0.185. The van der Waals surface area contributed by atoms with E-state index in [1.165, 1.54) is 12.1 Å². The summed E-state index contributed by atoms with van der Waals surface area (Å²) in [4.78, 5) is 11.1. The van der Waals surface area contributed by atoms with Crippen molar-refractivity contribution in [2.75, 3.05) is 4.72 Å². The molecule has 2 N–H and O–H groups in total. The number of hydrogen-bond acceptors (Lipinski definition) is 4. The van der Waals surface area contributed by atoms with E-state index in [2.05, 4.69) is 20.7 Å². The van der Waals surface area contributed by atoms with Gasteiger partial charge in [0.1, 0.15) is 4.21 Å². The van der Waals surface area contributed by atoms with Gasteiger partial charge in [0.05, 0.1) is 12.1 Å². The number of carboxylic acid groups (broad SMARTS) is 1. The number of carbonyl (C=O) groups is 1. The van der Waals surface area contributed by atoms with Crippen LogP contribution in [0.1, 0.15) is 4.88 Å². The highest BCUT2D eigenvalue weighted by Crippen LogP contribution is 2.27. The average molecular weight is 376 g/mol. The van der Waals surface area contributed by atoms with Gasteiger partial charge in [-0.15, -0.1) is 11.3 Å². The highest BCUT2D eigenvalue weighted by atomic mass is 79.9. The molecule has 0 amide bonds. The maximum absolute atomic E-state index is 12.2. The minimum Gasteiger partial charge on any atom is -0.481 e. The summed E-state index contributed by atoms with van der Waals surface area (Å²) in [5.41, 5.74) is 0.431. The lowest BCUT2D eigenvalue weighted by molar-refractivity contribution is -0.136. The van der Waals surface area contributed by atoms with Crippen LogP contribution < -0.4 is 4.72 Å². The van der Waals surface area contributed by atoms with Gasteiger partial charge >= 0.3 is 5.97 Å². The minimum atomic E-state index is -3.71. The fourth-order valence-electron chi connectivity index (χ4n) is 1.49. The summed E-state index contributed by atoms with van der Waals surface area (Å²) in [6, 6.07) is 9.76. The number of rotatable bonds is 5. The summed E-state index contributed by atoms with van der Waals surface area (Å²) >= 11 is 4.20. The number of aliphatic carboxylic acids is 1. The number of thiophene rings is 1. The van der Waals surface area contributed by atoms with Crippen molar-refractivity contribution >= 4 is 48.9 Å². The Morgan fingerprint density at radius 1 is 1.25 bits per heavy atom. The van der Waals surface area contributed by atoms with Crippen LogP contribution in [0.4, 0.5) is 5.69 Å². The zero-order chi connectivity index (χ0) is 14.8. The highest BCUT2D eigenvalue weighted by Gasteiger charge is 2.18. The lowest BCUT2D eigenvalue weighted by Crippen LogP contribution is -2.11. The maximum Gasteiger partial charge on any atom is 0.308 e. The Morgan fingerprint density at radius 3 is 2.60 bits per heavy atom. The van der Waals surface area contributed by atoms with Crippen molar-refractivity contribution < 1.29 is 18.3 Å². The summed E-state index contributed by atoms with van der Waals surface area (Å²) in [5.74, 6) is -0.991. The molecule has 0 radical (unpaired) electrons. The summed E-state index contributed by atoms with van der Waals surface area (Å²) in [5, 5.41) is 8.69. The Balaban J connectivity index is 2.25. The number of hydrogen-bond donors (Lipinski definition) is 2. The number of para-hydroxylation sites is 1. The quantitative estimate of drug-likeness (QED) is 0.841. The van der Waals surface area contributed by atoms with Gasteiger partial charge in [-0.1, -0.05) is 12.1 Å². The molecular formula is C12H10BrNO4S2. The van der Waals surface area contributed by atoms with Crippen LogP contribution in [0.3, 0.4) is 0 Å². The first kappa shape index (κ1) is 15.0. The molecule has 20 heavy (non-hydrogen) atoms. The number of halogens is 1. The number of anilines is 1. The van der Waals surface area contributed by atoms with Gasteiger partial charge in [-0.2, -0.15) is 0 Å². The molecule has 0 spiro atoms. The first-order valence-electron chi connectivity index (χ1n) is 5.46. The molecule has 0 aliphatic carbocycles. The van der Waals surface area contributed by atoms with Crippen LogP contribution in [-0.2, 0) is 21.2 Å². The average Bonchev–Trinajstić information content (AvgIpc) is 2.80. The Hall–Kier alpha value is -1.38. The van der Waals surface area contributed by atoms with Crippen LogP contribution in [0.2, 0.25) is 0 Å². The molecule has 0 saturated carbocycles. The predicted octanol–water partition coefficient (Wildman–Crippen LogP) is 2.94. The fourth-order valence-corrected chi connectivity index (χ4v) is 4.43. The Kier molecular flexibility index (Phi) is 4.46. The van der Waals surface area contributed by atoms with Gasteiger partial charge in [-0.25, -0.2) is 8.42 Å². The van der Waals surface area contributed by atoms with Crippen LogP contribution in [0.5, 0.6) is 0 Å². The molecule has 1 heterocycles. The lowest BCUT2D eigenvalue weighted by Gasteiger charge is -2.07. The Bertz CT molecular complexity index is 739. The van der Waals surface area contributed by atoms with Gasteiger partial charge in [0, 0.05) is 9.35 Å². The van der Waals surface area contributed by atoms with Crippen LogP contribution in [0.15, 0.2) is 45.1 Å². The molecular weight excluding hydrogens is 366 g/mol. The van der Waals surface area contributed by atoms with Gasteiger partial charge in [0.25, 0.3) is 10.0 Å². The normalized spacial score (nSPS) is 11.2. The summed E-state index contributed by atoms with van der Waals surface area (Å²) in [6.45, 7) is 0. The monoisotopic (exact) mass is 375 g/mol. The smallest absolute Gasteiger partial charge is 0.308 e. The highest BCUT2D eigenvalue weighted by molar-refractivity contribution is 9.10. The number of nitrogens with one attached hydrogen (secondary N) is 1. The topological polar surface area (TPSA) is 83.5 Å². The molecule has 8 heteroatoms. The molecule has 0 fully saturated rings. The fraction of sp³-hybridized carbons (Fsp3) is 0.0833. The van der Waals surface area contributed by atoms with Gasteiger partial charge in [0.15, 0.2) is 0 Å². The first-order valence-corrected chi connectivity index (χ1v) is 8.55.